The lowest BCUT2D eigenvalue weighted by atomic mass is 10.1. The van der Waals surface area contributed by atoms with E-state index in [1.54, 1.807) is 29.2 Å². The molecule has 0 N–H and O–H groups in total. The molecule has 0 bridgehead atoms. The molecule has 150 valence electrons. The van der Waals surface area contributed by atoms with E-state index >= 15 is 0 Å². The summed E-state index contributed by atoms with van der Waals surface area (Å²) in [6, 6.07) is 20.9. The molecule has 3 aromatic carbocycles. The van der Waals surface area contributed by atoms with Gasteiger partial charge in [0.15, 0.2) is 10.9 Å². The lowest BCUT2D eigenvalue weighted by molar-refractivity contribution is 0.0981. The lowest BCUT2D eigenvalue weighted by Gasteiger charge is -2.20. The number of thiazole rings is 1. The summed E-state index contributed by atoms with van der Waals surface area (Å²) >= 11 is 1.52. The third-order valence-electron chi connectivity index (χ3n) is 5.19. The van der Waals surface area contributed by atoms with Gasteiger partial charge >= 0.3 is 0 Å². The first kappa shape index (κ1) is 20.0. The van der Waals surface area contributed by atoms with Gasteiger partial charge in [-0.05, 0) is 61.7 Å². The highest BCUT2D eigenvalue weighted by atomic mass is 32.1. The van der Waals surface area contributed by atoms with Gasteiger partial charge in [-0.3, -0.25) is 14.5 Å². The van der Waals surface area contributed by atoms with Gasteiger partial charge in [0.2, 0.25) is 0 Å². The third-order valence-corrected chi connectivity index (χ3v) is 6.23. The van der Waals surface area contributed by atoms with E-state index in [4.69, 9.17) is 4.98 Å². The van der Waals surface area contributed by atoms with Crippen molar-refractivity contribution in [1.29, 1.82) is 0 Å². The molecule has 0 atom stereocenters. The molecule has 0 unspecified atom stereocenters. The molecule has 30 heavy (non-hydrogen) atoms. The van der Waals surface area contributed by atoms with Crippen molar-refractivity contribution in [2.24, 2.45) is 0 Å². The quantitative estimate of drug-likeness (QED) is 0.379. The molecular formula is C25H22N2O2S. The molecule has 0 saturated heterocycles. The first-order valence-electron chi connectivity index (χ1n) is 9.77. The smallest absolute Gasteiger partial charge is 0.260 e. The second-order valence-corrected chi connectivity index (χ2v) is 8.42. The van der Waals surface area contributed by atoms with Gasteiger partial charge in [0.1, 0.15) is 0 Å². The second-order valence-electron chi connectivity index (χ2n) is 7.41. The molecule has 1 aromatic heterocycles. The number of amides is 1. The molecule has 1 heterocycles. The minimum Gasteiger partial charge on any atom is -0.295 e. The van der Waals surface area contributed by atoms with Crippen molar-refractivity contribution < 1.29 is 9.59 Å². The van der Waals surface area contributed by atoms with Crippen LogP contribution in [0.5, 0.6) is 0 Å². The van der Waals surface area contributed by atoms with Crippen LogP contribution in [-0.4, -0.2) is 16.7 Å². The predicted molar refractivity (Wildman–Crippen MR) is 122 cm³/mol. The van der Waals surface area contributed by atoms with Crippen molar-refractivity contribution in [1.82, 2.24) is 4.98 Å². The van der Waals surface area contributed by atoms with Crippen molar-refractivity contribution in [3.63, 3.8) is 0 Å². The van der Waals surface area contributed by atoms with Crippen molar-refractivity contribution in [2.45, 2.75) is 27.3 Å². The maximum absolute atomic E-state index is 13.4. The Hall–Kier alpha value is -3.31. The van der Waals surface area contributed by atoms with Gasteiger partial charge in [-0.2, -0.15) is 0 Å². The highest BCUT2D eigenvalue weighted by molar-refractivity contribution is 7.22. The number of hydrogen-bond donors (Lipinski definition) is 0. The number of fused-ring (bicyclic) bond motifs is 1. The Morgan fingerprint density at radius 2 is 1.53 bits per heavy atom. The fourth-order valence-electron chi connectivity index (χ4n) is 3.28. The van der Waals surface area contributed by atoms with Crippen molar-refractivity contribution in [2.75, 3.05) is 4.90 Å². The van der Waals surface area contributed by atoms with Crippen LogP contribution < -0.4 is 4.90 Å². The largest absolute Gasteiger partial charge is 0.295 e. The SMILES string of the molecule is CC(=O)c1ccc(C(=O)N(Cc2ccccc2)c2nc3cc(C)c(C)cc3s2)cc1. The number of carbonyl (C=O) groups excluding carboxylic acids is 2. The van der Waals surface area contributed by atoms with E-state index in [1.807, 2.05) is 30.3 Å². The maximum atomic E-state index is 13.4. The van der Waals surface area contributed by atoms with Gasteiger partial charge in [-0.1, -0.05) is 53.8 Å². The molecule has 1 amide bonds. The van der Waals surface area contributed by atoms with E-state index in [2.05, 4.69) is 26.0 Å². The number of hydrogen-bond acceptors (Lipinski definition) is 4. The fraction of sp³-hybridized carbons (Fsp3) is 0.160. The molecule has 5 heteroatoms. The van der Waals surface area contributed by atoms with Crippen molar-refractivity contribution >= 4 is 38.4 Å². The molecular weight excluding hydrogens is 392 g/mol. The summed E-state index contributed by atoms with van der Waals surface area (Å²) < 4.78 is 1.06. The predicted octanol–water partition coefficient (Wildman–Crippen LogP) is 5.96. The molecule has 4 nitrogen and oxygen atoms in total. The molecule has 0 spiro atoms. The van der Waals surface area contributed by atoms with Gasteiger partial charge in [-0.25, -0.2) is 4.98 Å². The topological polar surface area (TPSA) is 50.3 Å². The number of rotatable bonds is 5. The zero-order valence-corrected chi connectivity index (χ0v) is 18.0. The minimum atomic E-state index is -0.138. The van der Waals surface area contributed by atoms with E-state index in [9.17, 15) is 9.59 Å². The summed E-state index contributed by atoms with van der Waals surface area (Å²) in [7, 11) is 0. The third kappa shape index (κ3) is 4.02. The molecule has 0 aliphatic rings. The maximum Gasteiger partial charge on any atom is 0.260 e. The van der Waals surface area contributed by atoms with E-state index in [0.29, 0.717) is 22.8 Å². The highest BCUT2D eigenvalue weighted by Crippen LogP contribution is 2.32. The Kier molecular flexibility index (Phi) is 5.46. The van der Waals surface area contributed by atoms with E-state index in [1.165, 1.54) is 29.4 Å². The van der Waals surface area contributed by atoms with Crippen LogP contribution in [0.25, 0.3) is 10.2 Å². The van der Waals surface area contributed by atoms with Crippen molar-refractivity contribution in [3.8, 4) is 0 Å². The monoisotopic (exact) mass is 414 g/mol. The Morgan fingerprint density at radius 1 is 0.900 bits per heavy atom. The zero-order chi connectivity index (χ0) is 21.3. The van der Waals surface area contributed by atoms with Gasteiger partial charge in [-0.15, -0.1) is 0 Å². The van der Waals surface area contributed by atoms with Crippen LogP contribution in [0.15, 0.2) is 66.7 Å². The standard InChI is InChI=1S/C25H22N2O2S/c1-16-13-22-23(14-17(16)2)30-25(26-22)27(15-19-7-5-4-6-8-19)24(29)21-11-9-20(10-12-21)18(3)28/h4-14H,15H2,1-3H3. The van der Waals surface area contributed by atoms with Crippen LogP contribution in [-0.2, 0) is 6.54 Å². The highest BCUT2D eigenvalue weighted by Gasteiger charge is 2.22. The van der Waals surface area contributed by atoms with Gasteiger partial charge in [0.05, 0.1) is 16.8 Å². The molecule has 0 radical (unpaired) electrons. The van der Waals surface area contributed by atoms with Gasteiger partial charge in [0.25, 0.3) is 5.91 Å². The number of Topliss-reactive ketones (excluding diaryl/α,β-unsaturated/α-hetero) is 1. The second kappa shape index (κ2) is 8.20. The Morgan fingerprint density at radius 3 is 2.20 bits per heavy atom. The molecule has 0 aliphatic carbocycles. The fourth-order valence-corrected chi connectivity index (χ4v) is 4.32. The minimum absolute atomic E-state index is 0.0212. The number of aromatic nitrogens is 1. The van der Waals surface area contributed by atoms with Crippen LogP contribution >= 0.6 is 11.3 Å². The normalized spacial score (nSPS) is 10.9. The van der Waals surface area contributed by atoms with Crippen LogP contribution in [0.3, 0.4) is 0 Å². The van der Waals surface area contributed by atoms with Crippen LogP contribution in [0.2, 0.25) is 0 Å². The van der Waals surface area contributed by atoms with E-state index in [0.717, 1.165) is 15.8 Å². The summed E-state index contributed by atoms with van der Waals surface area (Å²) in [6.45, 7) is 6.09. The van der Waals surface area contributed by atoms with E-state index < -0.39 is 0 Å². The average molecular weight is 415 g/mol. The van der Waals surface area contributed by atoms with Gasteiger partial charge in [0, 0.05) is 11.1 Å². The molecule has 0 fully saturated rings. The summed E-state index contributed by atoms with van der Waals surface area (Å²) in [5, 5.41) is 0.666. The summed E-state index contributed by atoms with van der Waals surface area (Å²) in [6.07, 6.45) is 0. The zero-order valence-electron chi connectivity index (χ0n) is 17.2. The molecule has 4 rings (SSSR count). The lowest BCUT2D eigenvalue weighted by Crippen LogP contribution is -2.30. The molecule has 4 aromatic rings. The Bertz CT molecular complexity index is 1190. The van der Waals surface area contributed by atoms with Crippen LogP contribution in [0, 0.1) is 13.8 Å². The number of carbonyl (C=O) groups is 2. The number of aryl methyl sites for hydroxylation is 2. The van der Waals surface area contributed by atoms with Crippen LogP contribution in [0.4, 0.5) is 5.13 Å². The Labute approximate surface area is 179 Å². The summed E-state index contributed by atoms with van der Waals surface area (Å²) in [5.41, 5.74) is 5.43. The average Bonchev–Trinajstić information content (AvgIpc) is 3.15. The first-order valence-corrected chi connectivity index (χ1v) is 10.6. The molecule has 0 aliphatic heterocycles. The number of nitrogens with zero attached hydrogens (tertiary/aromatic N) is 2. The Balaban J connectivity index is 1.76. The molecule has 0 saturated carbocycles. The summed E-state index contributed by atoms with van der Waals surface area (Å²) in [4.78, 5) is 31.5. The number of anilines is 1. The first-order chi connectivity index (χ1) is 14.4. The van der Waals surface area contributed by atoms with E-state index in [-0.39, 0.29) is 11.7 Å². The van der Waals surface area contributed by atoms with Crippen molar-refractivity contribution in [3.05, 3.63) is 94.5 Å². The number of ketones is 1. The number of benzene rings is 3. The van der Waals surface area contributed by atoms with Crippen LogP contribution in [0.1, 0.15) is 44.3 Å². The summed E-state index contributed by atoms with van der Waals surface area (Å²) in [5.74, 6) is -0.159. The van der Waals surface area contributed by atoms with Gasteiger partial charge < -0.3 is 0 Å².